The zero-order valence-electron chi connectivity index (χ0n) is 11.3. The van der Waals surface area contributed by atoms with Crippen molar-refractivity contribution < 1.29 is 0 Å². The maximum absolute atomic E-state index is 4.89. The standard InChI is InChI=1S/C13H22N4S/c1-10(17-7-4-14-5-8-17)13-15-11-3-6-16(2)9-12(11)18-13/h10,14H,3-9H2,1-2H3. The highest BCUT2D eigenvalue weighted by Gasteiger charge is 2.24. The summed E-state index contributed by atoms with van der Waals surface area (Å²) in [6.07, 6.45) is 1.12. The summed E-state index contributed by atoms with van der Waals surface area (Å²) >= 11 is 1.93. The van der Waals surface area contributed by atoms with Crippen LogP contribution in [0.15, 0.2) is 0 Å². The molecule has 0 saturated carbocycles. The number of fused-ring (bicyclic) bond motifs is 1. The van der Waals surface area contributed by atoms with Crippen LogP contribution < -0.4 is 5.32 Å². The SMILES string of the molecule is CC(c1nc2c(s1)CN(C)CC2)N1CCNCC1. The summed E-state index contributed by atoms with van der Waals surface area (Å²) in [6, 6.07) is 0.480. The van der Waals surface area contributed by atoms with Crippen LogP contribution in [0.3, 0.4) is 0 Å². The number of nitrogens with one attached hydrogen (secondary N) is 1. The van der Waals surface area contributed by atoms with Crippen molar-refractivity contribution in [2.24, 2.45) is 0 Å². The van der Waals surface area contributed by atoms with E-state index >= 15 is 0 Å². The van der Waals surface area contributed by atoms with E-state index in [4.69, 9.17) is 4.98 Å². The molecule has 3 heterocycles. The van der Waals surface area contributed by atoms with Gasteiger partial charge in [0.25, 0.3) is 0 Å². The highest BCUT2D eigenvalue weighted by molar-refractivity contribution is 7.11. The van der Waals surface area contributed by atoms with Gasteiger partial charge in [-0.25, -0.2) is 4.98 Å². The lowest BCUT2D eigenvalue weighted by atomic mass is 10.2. The van der Waals surface area contributed by atoms with Gasteiger partial charge in [0.05, 0.1) is 11.7 Å². The number of thiazole rings is 1. The van der Waals surface area contributed by atoms with Crippen molar-refractivity contribution in [2.75, 3.05) is 39.8 Å². The number of rotatable bonds is 2. The maximum atomic E-state index is 4.89. The highest BCUT2D eigenvalue weighted by atomic mass is 32.1. The normalized spacial score (nSPS) is 23.9. The topological polar surface area (TPSA) is 31.4 Å². The van der Waals surface area contributed by atoms with E-state index in [2.05, 4.69) is 29.1 Å². The summed E-state index contributed by atoms with van der Waals surface area (Å²) in [5.41, 5.74) is 1.36. The lowest BCUT2D eigenvalue weighted by molar-refractivity contribution is 0.185. The van der Waals surface area contributed by atoms with Crippen LogP contribution in [0, 0.1) is 0 Å². The van der Waals surface area contributed by atoms with Gasteiger partial charge >= 0.3 is 0 Å². The van der Waals surface area contributed by atoms with E-state index in [0.29, 0.717) is 6.04 Å². The van der Waals surface area contributed by atoms with Gasteiger partial charge < -0.3 is 10.2 Å². The molecule has 1 N–H and O–H groups in total. The summed E-state index contributed by atoms with van der Waals surface area (Å²) in [5.74, 6) is 0. The van der Waals surface area contributed by atoms with Gasteiger partial charge in [0.15, 0.2) is 0 Å². The summed E-state index contributed by atoms with van der Waals surface area (Å²) in [7, 11) is 2.20. The second-order valence-corrected chi connectivity index (χ2v) is 6.49. The Morgan fingerprint density at radius 2 is 2.06 bits per heavy atom. The molecule has 3 rings (SSSR count). The van der Waals surface area contributed by atoms with Gasteiger partial charge in [-0.05, 0) is 14.0 Å². The molecule has 1 saturated heterocycles. The van der Waals surface area contributed by atoms with E-state index in [0.717, 1.165) is 45.7 Å². The minimum Gasteiger partial charge on any atom is -0.314 e. The van der Waals surface area contributed by atoms with Crippen LogP contribution in [0.1, 0.15) is 28.5 Å². The molecule has 1 fully saturated rings. The minimum absolute atomic E-state index is 0.480. The molecule has 2 aliphatic rings. The lowest BCUT2D eigenvalue weighted by Crippen LogP contribution is -2.44. The Bertz CT molecular complexity index is 411. The number of likely N-dealkylation sites (N-methyl/N-ethyl adjacent to an activating group) is 1. The van der Waals surface area contributed by atoms with E-state index in [1.165, 1.54) is 15.6 Å². The van der Waals surface area contributed by atoms with Crippen LogP contribution >= 0.6 is 11.3 Å². The van der Waals surface area contributed by atoms with Crippen molar-refractivity contribution in [3.05, 3.63) is 15.6 Å². The lowest BCUT2D eigenvalue weighted by Gasteiger charge is -2.31. The van der Waals surface area contributed by atoms with Gasteiger partial charge in [0.2, 0.25) is 0 Å². The molecule has 0 aromatic carbocycles. The molecule has 100 valence electrons. The summed E-state index contributed by atoms with van der Waals surface area (Å²) in [5, 5.41) is 4.73. The first-order valence-corrected chi connectivity index (χ1v) is 7.67. The fourth-order valence-corrected chi connectivity index (χ4v) is 4.03. The second kappa shape index (κ2) is 5.25. The number of hydrogen-bond acceptors (Lipinski definition) is 5. The molecule has 2 aliphatic heterocycles. The Kier molecular flexibility index (Phi) is 3.66. The third-order valence-corrected chi connectivity index (χ3v) is 5.25. The molecule has 0 amide bonds. The van der Waals surface area contributed by atoms with Crippen molar-refractivity contribution in [3.63, 3.8) is 0 Å². The van der Waals surface area contributed by atoms with Crippen LogP contribution in [-0.4, -0.2) is 54.6 Å². The maximum Gasteiger partial charge on any atom is 0.110 e. The molecule has 0 aliphatic carbocycles. The number of aromatic nitrogens is 1. The summed E-state index contributed by atoms with van der Waals surface area (Å²) < 4.78 is 0. The number of nitrogens with zero attached hydrogens (tertiary/aromatic N) is 3. The van der Waals surface area contributed by atoms with Crippen molar-refractivity contribution in [1.29, 1.82) is 0 Å². The molecule has 1 atom stereocenters. The zero-order valence-corrected chi connectivity index (χ0v) is 12.1. The predicted octanol–water partition coefficient (Wildman–Crippen LogP) is 1.10. The molecular weight excluding hydrogens is 244 g/mol. The number of hydrogen-bond donors (Lipinski definition) is 1. The van der Waals surface area contributed by atoms with Gasteiger partial charge in [0.1, 0.15) is 5.01 Å². The zero-order chi connectivity index (χ0) is 12.5. The van der Waals surface area contributed by atoms with Crippen LogP contribution in [0.25, 0.3) is 0 Å². The molecule has 1 unspecified atom stereocenters. The summed E-state index contributed by atoms with van der Waals surface area (Å²) in [6.45, 7) is 9.05. The molecular formula is C13H22N4S. The Morgan fingerprint density at radius 1 is 1.28 bits per heavy atom. The average molecular weight is 266 g/mol. The van der Waals surface area contributed by atoms with E-state index in [1.807, 2.05) is 11.3 Å². The van der Waals surface area contributed by atoms with Crippen LogP contribution in [0.4, 0.5) is 0 Å². The van der Waals surface area contributed by atoms with E-state index < -0.39 is 0 Å². The van der Waals surface area contributed by atoms with E-state index in [9.17, 15) is 0 Å². The van der Waals surface area contributed by atoms with E-state index in [1.54, 1.807) is 0 Å². The Balaban J connectivity index is 1.75. The van der Waals surface area contributed by atoms with Crippen molar-refractivity contribution in [2.45, 2.75) is 25.9 Å². The minimum atomic E-state index is 0.480. The molecule has 18 heavy (non-hydrogen) atoms. The molecule has 0 spiro atoms. The van der Waals surface area contributed by atoms with Gasteiger partial charge in [-0.1, -0.05) is 0 Å². The predicted molar refractivity (Wildman–Crippen MR) is 75.0 cm³/mol. The number of piperazine rings is 1. The van der Waals surface area contributed by atoms with E-state index in [-0.39, 0.29) is 0 Å². The van der Waals surface area contributed by atoms with Crippen molar-refractivity contribution in [1.82, 2.24) is 20.1 Å². The fraction of sp³-hybridized carbons (Fsp3) is 0.769. The second-order valence-electron chi connectivity index (χ2n) is 5.37. The summed E-state index contributed by atoms with van der Waals surface area (Å²) in [4.78, 5) is 11.3. The molecule has 1 aromatic rings. The first-order chi connectivity index (χ1) is 8.74. The van der Waals surface area contributed by atoms with Gasteiger partial charge in [-0.15, -0.1) is 11.3 Å². The quantitative estimate of drug-likeness (QED) is 0.868. The highest BCUT2D eigenvalue weighted by Crippen LogP contribution is 2.30. The molecule has 0 radical (unpaired) electrons. The Hall–Kier alpha value is -0.490. The van der Waals surface area contributed by atoms with Gasteiger partial charge in [-0.2, -0.15) is 0 Å². The van der Waals surface area contributed by atoms with Crippen molar-refractivity contribution in [3.8, 4) is 0 Å². The third kappa shape index (κ3) is 2.45. The first kappa shape index (κ1) is 12.5. The monoisotopic (exact) mass is 266 g/mol. The van der Waals surface area contributed by atoms with Crippen LogP contribution in [0.2, 0.25) is 0 Å². The third-order valence-electron chi connectivity index (χ3n) is 4.00. The van der Waals surface area contributed by atoms with Crippen molar-refractivity contribution >= 4 is 11.3 Å². The van der Waals surface area contributed by atoms with Crippen LogP contribution in [0.5, 0.6) is 0 Å². The Morgan fingerprint density at radius 3 is 2.83 bits per heavy atom. The fourth-order valence-electron chi connectivity index (χ4n) is 2.75. The molecule has 4 nitrogen and oxygen atoms in total. The molecule has 5 heteroatoms. The average Bonchev–Trinajstić information content (AvgIpc) is 2.81. The molecule has 0 bridgehead atoms. The molecule has 1 aromatic heterocycles. The van der Waals surface area contributed by atoms with Crippen LogP contribution in [-0.2, 0) is 13.0 Å². The smallest absolute Gasteiger partial charge is 0.110 e. The Labute approximate surface area is 113 Å². The first-order valence-electron chi connectivity index (χ1n) is 6.86. The van der Waals surface area contributed by atoms with Gasteiger partial charge in [-0.3, -0.25) is 4.90 Å². The van der Waals surface area contributed by atoms with Gasteiger partial charge in [0, 0.05) is 50.6 Å². The largest absolute Gasteiger partial charge is 0.314 e.